The van der Waals surface area contributed by atoms with Crippen molar-refractivity contribution in [3.8, 4) is 0 Å². The molecule has 0 spiro atoms. The van der Waals surface area contributed by atoms with Crippen molar-refractivity contribution in [1.29, 1.82) is 0 Å². The van der Waals surface area contributed by atoms with Crippen molar-refractivity contribution in [3.63, 3.8) is 0 Å². The second-order valence-corrected chi connectivity index (χ2v) is 8.25. The number of hydrogen-bond donors (Lipinski definition) is 1. The largest absolute Gasteiger partial charge is 0.389 e. The fraction of sp³-hybridized carbons (Fsp3) is 0.333. The summed E-state index contributed by atoms with van der Waals surface area (Å²) in [7, 11) is -3.84. The van der Waals surface area contributed by atoms with Crippen molar-refractivity contribution < 1.29 is 18.3 Å². The van der Waals surface area contributed by atoms with E-state index < -0.39 is 27.0 Å². The van der Waals surface area contributed by atoms with Crippen LogP contribution >= 0.6 is 0 Å². The van der Waals surface area contributed by atoms with Crippen molar-refractivity contribution in [2.24, 2.45) is 5.92 Å². The zero-order valence-corrected chi connectivity index (χ0v) is 13.9. The maximum absolute atomic E-state index is 13.2. The van der Waals surface area contributed by atoms with Crippen LogP contribution in [0.2, 0.25) is 0 Å². The standard InChI is InChI=1S/C18H20O4S/c1-13(2)16(19)18(17(22-18)14-9-5-3-6-10-14)23(20,21)15-11-7-4-8-12-15/h3-13,16-17,19H,1-2H3/t16-,17+,18+/m0/s1. The maximum Gasteiger partial charge on any atom is 0.230 e. The molecule has 23 heavy (non-hydrogen) atoms. The number of sulfone groups is 1. The molecular formula is C18H20O4S. The molecule has 3 rings (SSSR count). The van der Waals surface area contributed by atoms with Crippen LogP contribution in [0.15, 0.2) is 65.6 Å². The molecule has 0 unspecified atom stereocenters. The van der Waals surface area contributed by atoms with Crippen molar-refractivity contribution in [2.75, 3.05) is 0 Å². The van der Waals surface area contributed by atoms with E-state index in [-0.39, 0.29) is 10.8 Å². The topological polar surface area (TPSA) is 66.9 Å². The van der Waals surface area contributed by atoms with Crippen LogP contribution in [-0.2, 0) is 14.6 Å². The summed E-state index contributed by atoms with van der Waals surface area (Å²) in [5.41, 5.74) is 0.756. The molecule has 0 aliphatic carbocycles. The molecule has 1 aliphatic rings. The Balaban J connectivity index is 2.09. The first-order valence-electron chi connectivity index (χ1n) is 7.62. The minimum absolute atomic E-state index is 0.165. The average Bonchev–Trinajstić information content (AvgIpc) is 3.33. The lowest BCUT2D eigenvalue weighted by molar-refractivity contribution is 0.0742. The monoisotopic (exact) mass is 332 g/mol. The molecule has 2 aromatic carbocycles. The third kappa shape index (κ3) is 2.49. The Kier molecular flexibility index (Phi) is 4.04. The van der Waals surface area contributed by atoms with E-state index in [0.29, 0.717) is 0 Å². The Labute approximate surface area is 136 Å². The first-order valence-corrected chi connectivity index (χ1v) is 9.10. The van der Waals surface area contributed by atoms with Crippen LogP contribution in [0.3, 0.4) is 0 Å². The molecule has 1 heterocycles. The fourth-order valence-corrected chi connectivity index (χ4v) is 5.03. The molecule has 5 heteroatoms. The molecule has 2 aromatic rings. The number of rotatable bonds is 5. The van der Waals surface area contributed by atoms with Gasteiger partial charge in [0.1, 0.15) is 12.2 Å². The molecule has 0 saturated carbocycles. The van der Waals surface area contributed by atoms with Crippen LogP contribution in [0.1, 0.15) is 25.5 Å². The van der Waals surface area contributed by atoms with Crippen LogP contribution in [0.4, 0.5) is 0 Å². The van der Waals surface area contributed by atoms with Gasteiger partial charge in [0.25, 0.3) is 0 Å². The molecule has 122 valence electrons. The molecule has 0 amide bonds. The molecule has 1 aliphatic heterocycles. The molecular weight excluding hydrogens is 312 g/mol. The number of aliphatic hydroxyl groups excluding tert-OH is 1. The number of epoxide rings is 1. The maximum atomic E-state index is 13.2. The van der Waals surface area contributed by atoms with E-state index in [2.05, 4.69) is 0 Å². The molecule has 0 bridgehead atoms. The van der Waals surface area contributed by atoms with Crippen LogP contribution in [0, 0.1) is 5.92 Å². The van der Waals surface area contributed by atoms with E-state index in [1.54, 1.807) is 32.0 Å². The Bertz CT molecular complexity index is 771. The van der Waals surface area contributed by atoms with Gasteiger partial charge in [-0.3, -0.25) is 0 Å². The summed E-state index contributed by atoms with van der Waals surface area (Å²) >= 11 is 0. The van der Waals surface area contributed by atoms with Crippen molar-refractivity contribution >= 4 is 9.84 Å². The van der Waals surface area contributed by atoms with Gasteiger partial charge in [-0.1, -0.05) is 62.4 Å². The molecule has 0 aromatic heterocycles. The van der Waals surface area contributed by atoms with E-state index in [0.717, 1.165) is 5.56 Å². The minimum atomic E-state index is -3.84. The second kappa shape index (κ2) is 5.74. The lowest BCUT2D eigenvalue weighted by Gasteiger charge is -2.23. The number of hydrogen-bond acceptors (Lipinski definition) is 4. The van der Waals surface area contributed by atoms with Gasteiger partial charge < -0.3 is 9.84 Å². The normalized spacial score (nSPS) is 25.3. The summed E-state index contributed by atoms with van der Waals surface area (Å²) in [6, 6.07) is 17.3. The second-order valence-electron chi connectivity index (χ2n) is 6.14. The number of ether oxygens (including phenoxy) is 1. The highest BCUT2D eigenvalue weighted by molar-refractivity contribution is 7.93. The smallest absolute Gasteiger partial charge is 0.230 e. The fourth-order valence-electron chi connectivity index (χ4n) is 2.91. The summed E-state index contributed by atoms with van der Waals surface area (Å²) in [6.45, 7) is 3.58. The Morgan fingerprint density at radius 1 is 1.00 bits per heavy atom. The Morgan fingerprint density at radius 2 is 1.52 bits per heavy atom. The van der Waals surface area contributed by atoms with Gasteiger partial charge in [0.05, 0.1) is 4.90 Å². The van der Waals surface area contributed by atoms with Gasteiger partial charge in [-0.2, -0.15) is 0 Å². The summed E-state index contributed by atoms with van der Waals surface area (Å²) in [4.78, 5) is -1.46. The highest BCUT2D eigenvalue weighted by atomic mass is 32.2. The third-order valence-corrected chi connectivity index (χ3v) is 6.51. The Morgan fingerprint density at radius 3 is 2.04 bits per heavy atom. The van der Waals surface area contributed by atoms with Gasteiger partial charge in [-0.15, -0.1) is 0 Å². The van der Waals surface area contributed by atoms with Crippen molar-refractivity contribution in [3.05, 3.63) is 66.2 Å². The van der Waals surface area contributed by atoms with E-state index in [1.807, 2.05) is 30.3 Å². The molecule has 1 fully saturated rings. The lowest BCUT2D eigenvalue weighted by Crippen LogP contribution is -2.42. The van der Waals surface area contributed by atoms with E-state index in [1.165, 1.54) is 12.1 Å². The molecule has 3 atom stereocenters. The summed E-state index contributed by atoms with van der Waals surface area (Å²) in [5, 5.41) is 10.6. The quantitative estimate of drug-likeness (QED) is 0.855. The van der Waals surface area contributed by atoms with Gasteiger partial charge in [0.2, 0.25) is 14.8 Å². The van der Waals surface area contributed by atoms with Crippen LogP contribution in [-0.4, -0.2) is 24.6 Å². The van der Waals surface area contributed by atoms with Crippen molar-refractivity contribution in [2.45, 2.75) is 35.9 Å². The van der Waals surface area contributed by atoms with Crippen LogP contribution < -0.4 is 0 Å². The first kappa shape index (κ1) is 16.2. The van der Waals surface area contributed by atoms with Gasteiger partial charge in [-0.05, 0) is 23.6 Å². The van der Waals surface area contributed by atoms with Gasteiger partial charge >= 0.3 is 0 Å². The lowest BCUT2D eigenvalue weighted by atomic mass is 9.99. The Hall–Kier alpha value is -1.69. The minimum Gasteiger partial charge on any atom is -0.389 e. The molecule has 0 radical (unpaired) electrons. The molecule has 1 N–H and O–H groups in total. The SMILES string of the molecule is CC(C)[C@H](O)[C@]1(S(=O)(=O)c2ccccc2)O[C@@H]1c1ccccc1. The van der Waals surface area contributed by atoms with Crippen molar-refractivity contribution in [1.82, 2.24) is 0 Å². The first-order chi connectivity index (χ1) is 10.9. The van der Waals surface area contributed by atoms with E-state index in [9.17, 15) is 13.5 Å². The van der Waals surface area contributed by atoms with Gasteiger partial charge in [0, 0.05) is 0 Å². The highest BCUT2D eigenvalue weighted by Gasteiger charge is 2.71. The predicted octanol–water partition coefficient (Wildman–Crippen LogP) is 2.95. The summed E-state index contributed by atoms with van der Waals surface area (Å²) in [5.74, 6) is -0.248. The number of benzene rings is 2. The summed E-state index contributed by atoms with van der Waals surface area (Å²) in [6.07, 6.45) is -1.77. The van der Waals surface area contributed by atoms with E-state index >= 15 is 0 Å². The summed E-state index contributed by atoms with van der Waals surface area (Å²) < 4.78 is 32.0. The zero-order valence-electron chi connectivity index (χ0n) is 13.1. The predicted molar refractivity (Wildman–Crippen MR) is 87.5 cm³/mol. The third-order valence-electron chi connectivity index (χ3n) is 4.23. The zero-order chi connectivity index (χ0) is 16.7. The van der Waals surface area contributed by atoms with E-state index in [4.69, 9.17) is 4.74 Å². The molecule has 4 nitrogen and oxygen atoms in total. The van der Waals surface area contributed by atoms with Gasteiger partial charge in [-0.25, -0.2) is 8.42 Å². The van der Waals surface area contributed by atoms with Gasteiger partial charge in [0.15, 0.2) is 0 Å². The molecule has 1 saturated heterocycles. The van der Waals surface area contributed by atoms with Crippen LogP contribution in [0.5, 0.6) is 0 Å². The highest BCUT2D eigenvalue weighted by Crippen LogP contribution is 2.58. The van der Waals surface area contributed by atoms with Crippen LogP contribution in [0.25, 0.3) is 0 Å². The number of aliphatic hydroxyl groups is 1. The average molecular weight is 332 g/mol.